The lowest BCUT2D eigenvalue weighted by atomic mass is 9.80. The molecule has 1 N–H and O–H groups in total. The zero-order valence-electron chi connectivity index (χ0n) is 17.9. The van der Waals surface area contributed by atoms with Crippen molar-refractivity contribution in [3.63, 3.8) is 0 Å². The van der Waals surface area contributed by atoms with Crippen molar-refractivity contribution in [3.8, 4) is 5.75 Å². The number of ether oxygens (including phenoxy) is 3. The highest BCUT2D eigenvalue weighted by Crippen LogP contribution is 2.41. The lowest BCUT2D eigenvalue weighted by molar-refractivity contribution is -0.156. The first kappa shape index (κ1) is 21.6. The van der Waals surface area contributed by atoms with E-state index in [1.165, 1.54) is 0 Å². The van der Waals surface area contributed by atoms with Gasteiger partial charge in [0.05, 0.1) is 30.9 Å². The molecule has 4 heterocycles. The first-order chi connectivity index (χ1) is 15.4. The van der Waals surface area contributed by atoms with Crippen LogP contribution in [-0.4, -0.2) is 67.4 Å². The van der Waals surface area contributed by atoms with Crippen molar-refractivity contribution in [2.45, 2.75) is 62.1 Å². The van der Waals surface area contributed by atoms with Crippen LogP contribution in [0.15, 0.2) is 12.1 Å². The van der Waals surface area contributed by atoms with Crippen LogP contribution in [0, 0.1) is 11.6 Å². The molecule has 2 bridgehead atoms. The summed E-state index contributed by atoms with van der Waals surface area (Å²) in [6.45, 7) is 0.743. The molecule has 5 aliphatic rings. The van der Waals surface area contributed by atoms with Gasteiger partial charge in [-0.1, -0.05) is 0 Å². The average molecular weight is 450 g/mol. The summed E-state index contributed by atoms with van der Waals surface area (Å²) in [7, 11) is 0. The molecule has 6 rings (SSSR count). The summed E-state index contributed by atoms with van der Waals surface area (Å²) >= 11 is 0. The summed E-state index contributed by atoms with van der Waals surface area (Å²) in [4.78, 5) is 27.1. The minimum atomic E-state index is -0.730. The van der Waals surface area contributed by atoms with E-state index in [1.807, 2.05) is 0 Å². The van der Waals surface area contributed by atoms with E-state index in [9.17, 15) is 18.4 Å². The molecule has 32 heavy (non-hydrogen) atoms. The van der Waals surface area contributed by atoms with E-state index in [4.69, 9.17) is 14.2 Å². The van der Waals surface area contributed by atoms with Crippen LogP contribution in [0.3, 0.4) is 0 Å². The zero-order chi connectivity index (χ0) is 22.3. The monoisotopic (exact) mass is 450 g/mol. The first-order valence-corrected chi connectivity index (χ1v) is 11.4. The van der Waals surface area contributed by atoms with E-state index in [1.54, 1.807) is 4.90 Å². The number of morpholine rings is 1. The smallest absolute Gasteiger partial charge is 0.260 e. The molecule has 2 saturated heterocycles. The molecule has 2 amide bonds. The van der Waals surface area contributed by atoms with Gasteiger partial charge in [-0.05, 0) is 44.4 Å². The van der Waals surface area contributed by atoms with Gasteiger partial charge in [0.25, 0.3) is 5.91 Å². The van der Waals surface area contributed by atoms with E-state index in [0.717, 1.165) is 25.0 Å². The molecule has 1 spiro atoms. The Morgan fingerprint density at radius 3 is 2.69 bits per heavy atom. The summed E-state index contributed by atoms with van der Waals surface area (Å²) in [5, 5.41) is 3.07. The topological polar surface area (TPSA) is 77.1 Å². The van der Waals surface area contributed by atoms with Crippen LogP contribution in [0.4, 0.5) is 8.78 Å². The Bertz CT molecular complexity index is 901. The summed E-state index contributed by atoms with van der Waals surface area (Å²) in [6, 6.07) is 1.64. The number of piperidine rings is 1. The minimum absolute atomic E-state index is 0.00428. The van der Waals surface area contributed by atoms with Gasteiger partial charge in [0.1, 0.15) is 24.0 Å². The third-order valence-electron chi connectivity index (χ3n) is 7.32. The van der Waals surface area contributed by atoms with Crippen LogP contribution in [-0.2, 0) is 19.1 Å². The van der Waals surface area contributed by atoms with Crippen molar-refractivity contribution in [1.82, 2.24) is 10.2 Å². The Kier molecular flexibility index (Phi) is 5.79. The number of hydrogen-bond acceptors (Lipinski definition) is 5. The van der Waals surface area contributed by atoms with Gasteiger partial charge in [-0.3, -0.25) is 9.59 Å². The number of benzene rings is 1. The second kappa shape index (κ2) is 8.59. The number of nitrogens with one attached hydrogen (secondary N) is 1. The molecule has 0 unspecified atom stereocenters. The average Bonchev–Trinajstić information content (AvgIpc) is 2.77. The highest BCUT2D eigenvalue weighted by molar-refractivity contribution is 5.81. The van der Waals surface area contributed by atoms with Crippen molar-refractivity contribution in [1.29, 1.82) is 0 Å². The zero-order valence-corrected chi connectivity index (χ0v) is 17.9. The summed E-state index contributed by atoms with van der Waals surface area (Å²) in [5.41, 5.74) is -0.368. The molecule has 4 aliphatic heterocycles. The van der Waals surface area contributed by atoms with Crippen molar-refractivity contribution in [2.75, 3.05) is 33.0 Å². The Morgan fingerprint density at radius 1 is 1.09 bits per heavy atom. The number of fused-ring (bicyclic) bond motifs is 5. The van der Waals surface area contributed by atoms with Crippen LogP contribution >= 0.6 is 0 Å². The molecule has 1 aromatic rings. The number of carbonyl (C=O) groups excluding carboxylic acids is 2. The lowest BCUT2D eigenvalue weighted by Gasteiger charge is -2.51. The van der Waals surface area contributed by atoms with Crippen LogP contribution in [0.2, 0.25) is 0 Å². The van der Waals surface area contributed by atoms with Crippen LogP contribution in [0.5, 0.6) is 5.75 Å². The van der Waals surface area contributed by atoms with Gasteiger partial charge in [0.2, 0.25) is 5.91 Å². The molecule has 3 fully saturated rings. The van der Waals surface area contributed by atoms with Gasteiger partial charge in [-0.2, -0.15) is 0 Å². The van der Waals surface area contributed by atoms with E-state index in [2.05, 4.69) is 5.32 Å². The fraction of sp³-hybridized carbons (Fsp3) is 0.652. The number of halogens is 2. The summed E-state index contributed by atoms with van der Waals surface area (Å²) < 4.78 is 46.3. The summed E-state index contributed by atoms with van der Waals surface area (Å²) in [6.07, 6.45) is 4.21. The van der Waals surface area contributed by atoms with Gasteiger partial charge in [-0.25, -0.2) is 8.78 Å². The first-order valence-electron chi connectivity index (χ1n) is 11.4. The van der Waals surface area contributed by atoms with Crippen LogP contribution in [0.25, 0.3) is 0 Å². The van der Waals surface area contributed by atoms with Crippen molar-refractivity contribution < 1.29 is 32.6 Å². The number of rotatable bonds is 0. The fourth-order valence-corrected chi connectivity index (χ4v) is 5.77. The normalized spacial score (nSPS) is 33.3. The predicted octanol–water partition coefficient (Wildman–Crippen LogP) is 2.28. The molecule has 9 heteroatoms. The number of nitrogens with zero attached hydrogens (tertiary/aromatic N) is 1. The number of carbonyl (C=O) groups is 2. The van der Waals surface area contributed by atoms with Gasteiger partial charge >= 0.3 is 0 Å². The minimum Gasteiger partial charge on any atom is -0.483 e. The highest BCUT2D eigenvalue weighted by Gasteiger charge is 2.50. The van der Waals surface area contributed by atoms with Gasteiger partial charge < -0.3 is 24.4 Å². The van der Waals surface area contributed by atoms with Crippen LogP contribution in [0.1, 0.15) is 50.0 Å². The maximum absolute atomic E-state index is 14.7. The Hall–Kier alpha value is -2.26. The maximum atomic E-state index is 14.7. The van der Waals surface area contributed by atoms with E-state index in [-0.39, 0.29) is 49.4 Å². The van der Waals surface area contributed by atoms with E-state index in [0.29, 0.717) is 44.4 Å². The van der Waals surface area contributed by atoms with Crippen molar-refractivity contribution >= 4 is 11.8 Å². The molecule has 1 aliphatic carbocycles. The molecular weight excluding hydrogens is 422 g/mol. The molecule has 1 aromatic carbocycles. The standard InChI is InChI=1S/C23H28F2N2O5/c24-15-8-17(25)22-14-2-4-16(5-3-14)31-10-19-23(13-30-11-20(28)26-23)6-1-7-27(19)21(29)12-32-18(22)9-15/h8-9,14,16,19H,1-7,10-13H2,(H,26,28)/t14-,16+,19-,23+/m0/s1. The third-order valence-corrected chi connectivity index (χ3v) is 7.32. The van der Waals surface area contributed by atoms with Crippen molar-refractivity contribution in [3.05, 3.63) is 29.3 Å². The molecule has 2 atom stereocenters. The predicted molar refractivity (Wildman–Crippen MR) is 109 cm³/mol. The molecular formula is C23H28F2N2O5. The second-order valence-electron chi connectivity index (χ2n) is 9.30. The highest BCUT2D eigenvalue weighted by atomic mass is 19.1. The Balaban J connectivity index is 1.48. The quantitative estimate of drug-likeness (QED) is 0.656. The van der Waals surface area contributed by atoms with Gasteiger partial charge in [0, 0.05) is 24.2 Å². The Labute approximate surface area is 185 Å². The molecule has 1 saturated carbocycles. The number of amides is 2. The van der Waals surface area contributed by atoms with Crippen molar-refractivity contribution in [2.24, 2.45) is 0 Å². The molecule has 7 nitrogen and oxygen atoms in total. The van der Waals surface area contributed by atoms with Gasteiger partial charge in [0.15, 0.2) is 6.61 Å². The third kappa shape index (κ3) is 3.96. The molecule has 174 valence electrons. The Morgan fingerprint density at radius 2 is 1.91 bits per heavy atom. The number of hydrogen-bond donors (Lipinski definition) is 1. The fourth-order valence-electron chi connectivity index (χ4n) is 5.77. The van der Waals surface area contributed by atoms with E-state index < -0.39 is 23.2 Å². The molecule has 0 radical (unpaired) electrons. The SMILES string of the molecule is O=C1COC[C@@]2(CCCN3C(=O)COc4cc(F)cc(F)c4[C@H]4CC[C@H](CC4)OC[C@H]32)N1. The maximum Gasteiger partial charge on any atom is 0.260 e. The van der Waals surface area contributed by atoms with Gasteiger partial charge in [-0.15, -0.1) is 0 Å². The van der Waals surface area contributed by atoms with Crippen LogP contribution < -0.4 is 10.1 Å². The molecule has 0 aromatic heterocycles. The lowest BCUT2D eigenvalue weighted by Crippen LogP contribution is -2.72. The second-order valence-corrected chi connectivity index (χ2v) is 9.30. The summed E-state index contributed by atoms with van der Waals surface area (Å²) in [5.74, 6) is -1.89. The largest absolute Gasteiger partial charge is 0.483 e. The van der Waals surface area contributed by atoms with E-state index >= 15 is 0 Å².